The molecule has 2 N–H and O–H groups in total. The van der Waals surface area contributed by atoms with Crippen LogP contribution in [0.15, 0.2) is 66.7 Å². The summed E-state index contributed by atoms with van der Waals surface area (Å²) in [5, 5.41) is 10.5. The maximum Gasteiger partial charge on any atom is 0.326 e. The number of fused-ring (bicyclic) bond motifs is 1. The van der Waals surface area contributed by atoms with E-state index < -0.39 is 5.97 Å². The third-order valence-corrected chi connectivity index (χ3v) is 6.81. The van der Waals surface area contributed by atoms with Crippen LogP contribution >= 0.6 is 0 Å². The van der Waals surface area contributed by atoms with Gasteiger partial charge in [-0.1, -0.05) is 61.7 Å². The molecule has 0 aromatic heterocycles. The normalized spacial score (nSPS) is 15.1. The maximum atomic E-state index is 12.8. The Morgan fingerprint density at radius 2 is 1.60 bits per heavy atom. The molecular weight excluding hydrogens is 436 g/mol. The summed E-state index contributed by atoms with van der Waals surface area (Å²) in [7, 11) is 0. The minimum atomic E-state index is -0.833. The quantitative estimate of drug-likeness (QED) is 0.419. The molecule has 5 nitrogen and oxygen atoms in total. The fourth-order valence-electron chi connectivity index (χ4n) is 5.09. The standard InChI is InChI=1S/C28H30N2O.C2H4O2/c1-20-6-5-9-26(18-20)29-28(31)30-17-16-25-19-24(14-15-27(25)30)23-12-10-22(11-13-23)21-7-3-2-4-8-21;1-2(3)4/h5-6,9-15,18-19,21H,2-4,7-8,16-17H2,1H3,(H,29,31);1H3,(H,3,4). The van der Waals surface area contributed by atoms with Crippen molar-refractivity contribution in [2.24, 2.45) is 0 Å². The molecule has 1 heterocycles. The highest BCUT2D eigenvalue weighted by Gasteiger charge is 2.25. The number of carbonyl (C=O) groups excluding carboxylic acids is 1. The summed E-state index contributed by atoms with van der Waals surface area (Å²) in [4.78, 5) is 23.7. The van der Waals surface area contributed by atoms with Gasteiger partial charge in [-0.05, 0) is 84.2 Å². The highest BCUT2D eigenvalue weighted by atomic mass is 16.4. The number of benzene rings is 3. The van der Waals surface area contributed by atoms with Crippen molar-refractivity contribution in [3.05, 3.63) is 83.4 Å². The Morgan fingerprint density at radius 1 is 0.914 bits per heavy atom. The van der Waals surface area contributed by atoms with Gasteiger partial charge in [-0.3, -0.25) is 9.69 Å². The van der Waals surface area contributed by atoms with Gasteiger partial charge in [0, 0.05) is 24.8 Å². The van der Waals surface area contributed by atoms with Crippen LogP contribution in [0.25, 0.3) is 11.1 Å². The first kappa shape index (κ1) is 24.5. The number of aryl methyl sites for hydroxylation is 1. The maximum absolute atomic E-state index is 12.8. The number of carboxylic acid groups (broad SMARTS) is 1. The summed E-state index contributed by atoms with van der Waals surface area (Å²) in [6.45, 7) is 3.83. The lowest BCUT2D eigenvalue weighted by molar-refractivity contribution is -0.134. The molecule has 0 spiro atoms. The molecule has 5 rings (SSSR count). The summed E-state index contributed by atoms with van der Waals surface area (Å²) in [5.41, 5.74) is 8.22. The Labute approximate surface area is 207 Å². The highest BCUT2D eigenvalue weighted by Crippen LogP contribution is 2.35. The third-order valence-electron chi connectivity index (χ3n) is 6.81. The SMILES string of the molecule is CC(=O)O.Cc1cccc(NC(=O)N2CCc3cc(-c4ccc(C5CCCCC5)cc4)ccc32)c1. The van der Waals surface area contributed by atoms with Gasteiger partial charge >= 0.3 is 6.03 Å². The van der Waals surface area contributed by atoms with Crippen LogP contribution in [0.2, 0.25) is 0 Å². The minimum Gasteiger partial charge on any atom is -0.481 e. The van der Waals surface area contributed by atoms with E-state index in [0.29, 0.717) is 0 Å². The van der Waals surface area contributed by atoms with Crippen molar-refractivity contribution in [3.63, 3.8) is 0 Å². The number of hydrogen-bond donors (Lipinski definition) is 2. The molecule has 0 radical (unpaired) electrons. The topological polar surface area (TPSA) is 69.6 Å². The molecular formula is C30H34N2O3. The van der Waals surface area contributed by atoms with Crippen molar-refractivity contribution in [1.29, 1.82) is 0 Å². The lowest BCUT2D eigenvalue weighted by Crippen LogP contribution is -2.33. The largest absolute Gasteiger partial charge is 0.481 e. The second-order valence-electron chi connectivity index (χ2n) is 9.52. The van der Waals surface area contributed by atoms with Crippen molar-refractivity contribution < 1.29 is 14.7 Å². The number of urea groups is 1. The smallest absolute Gasteiger partial charge is 0.326 e. The molecule has 0 bridgehead atoms. The molecule has 3 aromatic carbocycles. The van der Waals surface area contributed by atoms with Gasteiger partial charge in [0.2, 0.25) is 0 Å². The fourth-order valence-corrected chi connectivity index (χ4v) is 5.09. The minimum absolute atomic E-state index is 0.0612. The van der Waals surface area contributed by atoms with E-state index in [0.717, 1.165) is 42.7 Å². The summed E-state index contributed by atoms with van der Waals surface area (Å²) < 4.78 is 0. The molecule has 1 aliphatic carbocycles. The van der Waals surface area contributed by atoms with Crippen molar-refractivity contribution in [3.8, 4) is 11.1 Å². The molecule has 0 unspecified atom stereocenters. The van der Waals surface area contributed by atoms with E-state index in [4.69, 9.17) is 9.90 Å². The van der Waals surface area contributed by atoms with Gasteiger partial charge in [-0.2, -0.15) is 0 Å². The number of hydrogen-bond acceptors (Lipinski definition) is 2. The Balaban J connectivity index is 0.000000672. The van der Waals surface area contributed by atoms with E-state index in [9.17, 15) is 4.79 Å². The van der Waals surface area contributed by atoms with Crippen LogP contribution < -0.4 is 10.2 Å². The second-order valence-corrected chi connectivity index (χ2v) is 9.52. The molecule has 0 atom stereocenters. The van der Waals surface area contributed by atoms with Crippen molar-refractivity contribution in [2.75, 3.05) is 16.8 Å². The first-order valence-corrected chi connectivity index (χ1v) is 12.5. The number of carboxylic acids is 1. The van der Waals surface area contributed by atoms with Gasteiger partial charge in [0.15, 0.2) is 0 Å². The molecule has 0 saturated heterocycles. The van der Waals surface area contributed by atoms with Gasteiger partial charge in [0.1, 0.15) is 0 Å². The molecule has 1 fully saturated rings. The number of rotatable bonds is 3. The van der Waals surface area contributed by atoms with Crippen LogP contribution in [0.5, 0.6) is 0 Å². The van der Waals surface area contributed by atoms with Crippen LogP contribution in [0.1, 0.15) is 61.6 Å². The molecule has 35 heavy (non-hydrogen) atoms. The molecule has 1 aliphatic heterocycles. The average Bonchev–Trinajstić information content (AvgIpc) is 3.28. The van der Waals surface area contributed by atoms with Gasteiger partial charge < -0.3 is 10.4 Å². The van der Waals surface area contributed by atoms with E-state index in [1.807, 2.05) is 36.1 Å². The van der Waals surface area contributed by atoms with E-state index in [1.54, 1.807) is 0 Å². The van der Waals surface area contributed by atoms with Crippen LogP contribution in [-0.2, 0) is 11.2 Å². The lowest BCUT2D eigenvalue weighted by atomic mass is 9.83. The predicted octanol–water partition coefficient (Wildman–Crippen LogP) is 7.40. The third kappa shape index (κ3) is 6.30. The first-order valence-electron chi connectivity index (χ1n) is 12.5. The number of nitrogens with one attached hydrogen (secondary N) is 1. The van der Waals surface area contributed by atoms with Gasteiger partial charge in [0.05, 0.1) is 0 Å². The monoisotopic (exact) mass is 470 g/mol. The van der Waals surface area contributed by atoms with E-state index in [-0.39, 0.29) is 6.03 Å². The average molecular weight is 471 g/mol. The van der Waals surface area contributed by atoms with Crippen LogP contribution in [0.4, 0.5) is 16.2 Å². The van der Waals surface area contributed by atoms with Crippen molar-refractivity contribution in [2.45, 2.75) is 58.3 Å². The molecule has 5 heteroatoms. The molecule has 2 aliphatic rings. The number of nitrogens with zero attached hydrogens (tertiary/aromatic N) is 1. The van der Waals surface area contributed by atoms with E-state index in [2.05, 4.69) is 47.8 Å². The van der Waals surface area contributed by atoms with Crippen LogP contribution in [0, 0.1) is 6.92 Å². The van der Waals surface area contributed by atoms with Crippen molar-refractivity contribution >= 4 is 23.4 Å². The summed E-state index contributed by atoms with van der Waals surface area (Å²) in [6.07, 6.45) is 7.68. The second kappa shape index (κ2) is 11.2. The lowest BCUT2D eigenvalue weighted by Gasteiger charge is -2.22. The summed E-state index contributed by atoms with van der Waals surface area (Å²) in [5.74, 6) is -0.0942. The van der Waals surface area contributed by atoms with E-state index in [1.165, 1.54) is 54.4 Å². The number of amides is 2. The van der Waals surface area contributed by atoms with E-state index >= 15 is 0 Å². The molecule has 3 aromatic rings. The molecule has 1 saturated carbocycles. The van der Waals surface area contributed by atoms with Gasteiger partial charge in [-0.25, -0.2) is 4.79 Å². The Kier molecular flexibility index (Phi) is 7.86. The number of aliphatic carboxylic acids is 1. The highest BCUT2D eigenvalue weighted by molar-refractivity contribution is 6.03. The zero-order chi connectivity index (χ0) is 24.8. The number of carbonyl (C=O) groups is 2. The van der Waals surface area contributed by atoms with Crippen LogP contribution in [-0.4, -0.2) is 23.7 Å². The molecule has 2 amide bonds. The predicted molar refractivity (Wildman–Crippen MR) is 142 cm³/mol. The van der Waals surface area contributed by atoms with Crippen LogP contribution in [0.3, 0.4) is 0 Å². The fraction of sp³-hybridized carbons (Fsp3) is 0.333. The Morgan fingerprint density at radius 3 is 2.29 bits per heavy atom. The van der Waals surface area contributed by atoms with Crippen molar-refractivity contribution in [1.82, 2.24) is 0 Å². The zero-order valence-corrected chi connectivity index (χ0v) is 20.6. The number of anilines is 2. The Bertz CT molecular complexity index is 1180. The summed E-state index contributed by atoms with van der Waals surface area (Å²) >= 11 is 0. The molecule has 182 valence electrons. The van der Waals surface area contributed by atoms with Gasteiger partial charge in [0.25, 0.3) is 5.97 Å². The van der Waals surface area contributed by atoms with Gasteiger partial charge in [-0.15, -0.1) is 0 Å². The zero-order valence-electron chi connectivity index (χ0n) is 20.6. The first-order chi connectivity index (χ1) is 16.9. The summed E-state index contributed by atoms with van der Waals surface area (Å²) in [6, 6.07) is 23.5. The Hall–Kier alpha value is -3.60.